The molecule has 0 amide bonds. The predicted molar refractivity (Wildman–Crippen MR) is 57.7 cm³/mol. The highest BCUT2D eigenvalue weighted by Crippen LogP contribution is 2.16. The first-order valence-electron chi connectivity index (χ1n) is 4.30. The number of aliphatic hydroxyl groups excluding tert-OH is 1. The lowest BCUT2D eigenvalue weighted by molar-refractivity contribution is 0.280. The first-order valence-corrected chi connectivity index (χ1v) is 5.10. The standard InChI is InChI=1S/C10H14BrNO/c1-12-5-4-8-2-3-10(11)6-9(8)7-13/h2-3,6,12-13H,4-5,7H2,1H3. The predicted octanol–water partition coefficient (Wildman–Crippen LogP) is 1.70. The van der Waals surface area contributed by atoms with E-state index >= 15 is 0 Å². The van der Waals surface area contributed by atoms with Crippen LogP contribution in [-0.4, -0.2) is 18.7 Å². The van der Waals surface area contributed by atoms with Gasteiger partial charge in [-0.3, -0.25) is 0 Å². The van der Waals surface area contributed by atoms with E-state index in [0.717, 1.165) is 23.0 Å². The Bertz CT molecular complexity index is 276. The highest BCUT2D eigenvalue weighted by molar-refractivity contribution is 9.10. The molecule has 0 aliphatic rings. The van der Waals surface area contributed by atoms with Gasteiger partial charge < -0.3 is 10.4 Å². The van der Waals surface area contributed by atoms with Crippen LogP contribution in [0.2, 0.25) is 0 Å². The molecule has 0 aliphatic carbocycles. The number of aliphatic hydroxyl groups is 1. The minimum atomic E-state index is 0.110. The van der Waals surface area contributed by atoms with Gasteiger partial charge in [-0.05, 0) is 43.3 Å². The summed E-state index contributed by atoms with van der Waals surface area (Å²) in [4.78, 5) is 0. The second-order valence-corrected chi connectivity index (χ2v) is 3.84. The Kier molecular flexibility index (Phi) is 4.42. The number of hydrogen-bond donors (Lipinski definition) is 2. The van der Waals surface area contributed by atoms with E-state index in [4.69, 9.17) is 5.11 Å². The van der Waals surface area contributed by atoms with Crippen LogP contribution in [0.4, 0.5) is 0 Å². The molecule has 0 aromatic heterocycles. The van der Waals surface area contributed by atoms with Crippen molar-refractivity contribution < 1.29 is 5.11 Å². The lowest BCUT2D eigenvalue weighted by Gasteiger charge is -2.07. The van der Waals surface area contributed by atoms with E-state index < -0.39 is 0 Å². The highest BCUT2D eigenvalue weighted by Gasteiger charge is 2.01. The van der Waals surface area contributed by atoms with Crippen molar-refractivity contribution in [1.29, 1.82) is 0 Å². The molecular formula is C10H14BrNO. The first kappa shape index (κ1) is 10.7. The van der Waals surface area contributed by atoms with E-state index in [2.05, 4.69) is 21.2 Å². The summed E-state index contributed by atoms with van der Waals surface area (Å²) in [5, 5.41) is 12.2. The molecule has 0 saturated heterocycles. The van der Waals surface area contributed by atoms with Crippen molar-refractivity contribution in [2.45, 2.75) is 13.0 Å². The number of rotatable bonds is 4. The fourth-order valence-electron chi connectivity index (χ4n) is 1.25. The number of likely N-dealkylation sites (N-methyl/N-ethyl adjacent to an activating group) is 1. The topological polar surface area (TPSA) is 32.3 Å². The number of hydrogen-bond acceptors (Lipinski definition) is 2. The van der Waals surface area contributed by atoms with E-state index in [1.807, 2.05) is 25.2 Å². The quantitative estimate of drug-likeness (QED) is 0.844. The summed E-state index contributed by atoms with van der Waals surface area (Å²) < 4.78 is 1.02. The van der Waals surface area contributed by atoms with Gasteiger partial charge in [0.25, 0.3) is 0 Å². The molecule has 1 aromatic carbocycles. The normalized spacial score (nSPS) is 10.4. The highest BCUT2D eigenvalue weighted by atomic mass is 79.9. The zero-order chi connectivity index (χ0) is 9.68. The molecule has 2 nitrogen and oxygen atoms in total. The lowest BCUT2D eigenvalue weighted by Crippen LogP contribution is -2.11. The Labute approximate surface area is 87.1 Å². The number of halogens is 1. The molecule has 0 aliphatic heterocycles. The van der Waals surface area contributed by atoms with Crippen LogP contribution >= 0.6 is 15.9 Å². The Morgan fingerprint density at radius 1 is 1.38 bits per heavy atom. The van der Waals surface area contributed by atoms with Gasteiger partial charge in [0.2, 0.25) is 0 Å². The molecule has 72 valence electrons. The van der Waals surface area contributed by atoms with Gasteiger partial charge in [0.15, 0.2) is 0 Å². The third-order valence-electron chi connectivity index (χ3n) is 1.98. The minimum absolute atomic E-state index is 0.110. The molecule has 0 heterocycles. The molecule has 0 unspecified atom stereocenters. The second kappa shape index (κ2) is 5.37. The molecule has 3 heteroatoms. The summed E-state index contributed by atoms with van der Waals surface area (Å²) in [6, 6.07) is 6.02. The van der Waals surface area contributed by atoms with Crippen LogP contribution in [-0.2, 0) is 13.0 Å². The van der Waals surface area contributed by atoms with Crippen LogP contribution in [0.5, 0.6) is 0 Å². The monoisotopic (exact) mass is 243 g/mol. The fraction of sp³-hybridized carbons (Fsp3) is 0.400. The van der Waals surface area contributed by atoms with Crippen molar-refractivity contribution in [2.75, 3.05) is 13.6 Å². The molecule has 1 aromatic rings. The molecule has 0 spiro atoms. The average molecular weight is 244 g/mol. The Morgan fingerprint density at radius 3 is 2.77 bits per heavy atom. The van der Waals surface area contributed by atoms with Gasteiger partial charge in [0.05, 0.1) is 6.61 Å². The maximum atomic E-state index is 9.10. The molecule has 1 rings (SSSR count). The molecular weight excluding hydrogens is 230 g/mol. The van der Waals surface area contributed by atoms with Gasteiger partial charge >= 0.3 is 0 Å². The van der Waals surface area contributed by atoms with Gasteiger partial charge in [0.1, 0.15) is 0 Å². The van der Waals surface area contributed by atoms with E-state index in [-0.39, 0.29) is 6.61 Å². The maximum Gasteiger partial charge on any atom is 0.0684 e. The average Bonchev–Trinajstić information content (AvgIpc) is 2.16. The molecule has 0 bridgehead atoms. The van der Waals surface area contributed by atoms with Crippen molar-refractivity contribution in [3.63, 3.8) is 0 Å². The van der Waals surface area contributed by atoms with Crippen LogP contribution in [0.15, 0.2) is 22.7 Å². The lowest BCUT2D eigenvalue weighted by atomic mass is 10.1. The SMILES string of the molecule is CNCCc1ccc(Br)cc1CO. The van der Waals surface area contributed by atoms with Crippen molar-refractivity contribution in [1.82, 2.24) is 5.32 Å². The maximum absolute atomic E-state index is 9.10. The van der Waals surface area contributed by atoms with Crippen molar-refractivity contribution in [3.05, 3.63) is 33.8 Å². The van der Waals surface area contributed by atoms with Gasteiger partial charge in [-0.2, -0.15) is 0 Å². The third-order valence-corrected chi connectivity index (χ3v) is 2.48. The molecule has 0 saturated carbocycles. The number of benzene rings is 1. The van der Waals surface area contributed by atoms with Gasteiger partial charge in [-0.15, -0.1) is 0 Å². The van der Waals surface area contributed by atoms with Gasteiger partial charge in [-0.1, -0.05) is 22.0 Å². The second-order valence-electron chi connectivity index (χ2n) is 2.92. The Hall–Kier alpha value is -0.380. The molecule has 13 heavy (non-hydrogen) atoms. The Morgan fingerprint density at radius 2 is 2.15 bits per heavy atom. The third kappa shape index (κ3) is 3.10. The first-order chi connectivity index (χ1) is 6.27. The van der Waals surface area contributed by atoms with Crippen molar-refractivity contribution in [2.24, 2.45) is 0 Å². The van der Waals surface area contributed by atoms with Crippen molar-refractivity contribution >= 4 is 15.9 Å². The van der Waals surface area contributed by atoms with E-state index in [9.17, 15) is 0 Å². The summed E-state index contributed by atoms with van der Waals surface area (Å²) in [6.07, 6.45) is 0.958. The summed E-state index contributed by atoms with van der Waals surface area (Å²) >= 11 is 3.38. The minimum Gasteiger partial charge on any atom is -0.392 e. The van der Waals surface area contributed by atoms with Gasteiger partial charge in [-0.25, -0.2) is 0 Å². The van der Waals surface area contributed by atoms with E-state index in [1.54, 1.807) is 0 Å². The van der Waals surface area contributed by atoms with Crippen LogP contribution in [0.3, 0.4) is 0 Å². The molecule has 0 fully saturated rings. The zero-order valence-electron chi connectivity index (χ0n) is 7.68. The van der Waals surface area contributed by atoms with Crippen molar-refractivity contribution in [3.8, 4) is 0 Å². The van der Waals surface area contributed by atoms with Crippen LogP contribution in [0, 0.1) is 0 Å². The van der Waals surface area contributed by atoms with Gasteiger partial charge in [0, 0.05) is 4.47 Å². The summed E-state index contributed by atoms with van der Waals surface area (Å²) in [5.74, 6) is 0. The smallest absolute Gasteiger partial charge is 0.0684 e. The van der Waals surface area contributed by atoms with Crippen LogP contribution in [0.25, 0.3) is 0 Å². The molecule has 2 N–H and O–H groups in total. The summed E-state index contributed by atoms with van der Waals surface area (Å²) in [7, 11) is 1.93. The number of nitrogens with one attached hydrogen (secondary N) is 1. The largest absolute Gasteiger partial charge is 0.392 e. The van der Waals surface area contributed by atoms with E-state index in [0.29, 0.717) is 0 Å². The zero-order valence-corrected chi connectivity index (χ0v) is 9.26. The fourth-order valence-corrected chi connectivity index (χ4v) is 1.65. The summed E-state index contributed by atoms with van der Waals surface area (Å²) in [5.41, 5.74) is 2.21. The van der Waals surface area contributed by atoms with E-state index in [1.165, 1.54) is 5.56 Å². The Balaban J connectivity index is 2.79. The van der Waals surface area contributed by atoms with Crippen LogP contribution in [0.1, 0.15) is 11.1 Å². The molecule has 0 atom stereocenters. The van der Waals surface area contributed by atoms with Crippen LogP contribution < -0.4 is 5.32 Å². The molecule has 0 radical (unpaired) electrons. The summed E-state index contributed by atoms with van der Waals surface area (Å²) in [6.45, 7) is 1.05.